The van der Waals surface area contributed by atoms with Gasteiger partial charge >= 0.3 is 5.97 Å². The summed E-state index contributed by atoms with van der Waals surface area (Å²) in [5.41, 5.74) is -0.0604. The Balaban J connectivity index is 1.77. The van der Waals surface area contributed by atoms with Crippen molar-refractivity contribution in [2.45, 2.75) is 23.8 Å². The predicted molar refractivity (Wildman–Crippen MR) is 95.4 cm³/mol. The zero-order chi connectivity index (χ0) is 18.0. The predicted octanol–water partition coefficient (Wildman–Crippen LogP) is 1.90. The molecule has 0 unspecified atom stereocenters. The Morgan fingerprint density at radius 3 is 2.68 bits per heavy atom. The summed E-state index contributed by atoms with van der Waals surface area (Å²) >= 11 is 1.62. The molecular formula is C16H21N3O4S2. The van der Waals surface area contributed by atoms with E-state index in [1.165, 1.54) is 23.9 Å². The van der Waals surface area contributed by atoms with Crippen molar-refractivity contribution in [3.05, 3.63) is 40.3 Å². The van der Waals surface area contributed by atoms with Gasteiger partial charge in [0.1, 0.15) is 10.6 Å². The number of nitrogens with zero attached hydrogens (tertiary/aromatic N) is 2. The highest BCUT2D eigenvalue weighted by atomic mass is 32.2. The molecule has 1 atom stereocenters. The van der Waals surface area contributed by atoms with Gasteiger partial charge < -0.3 is 9.67 Å². The van der Waals surface area contributed by atoms with Gasteiger partial charge in [0.15, 0.2) is 0 Å². The summed E-state index contributed by atoms with van der Waals surface area (Å²) in [6.07, 6.45) is 3.56. The van der Waals surface area contributed by atoms with E-state index >= 15 is 0 Å². The van der Waals surface area contributed by atoms with Gasteiger partial charge in [-0.25, -0.2) is 17.9 Å². The molecule has 0 saturated carbocycles. The lowest BCUT2D eigenvalue weighted by Gasteiger charge is -2.26. The number of rotatable bonds is 7. The molecule has 2 aromatic rings. The number of thiophene rings is 1. The minimum absolute atomic E-state index is 0.0000635. The Morgan fingerprint density at radius 1 is 1.40 bits per heavy atom. The van der Waals surface area contributed by atoms with Gasteiger partial charge in [0, 0.05) is 24.7 Å². The second-order valence-electron chi connectivity index (χ2n) is 6.10. The molecule has 7 nitrogen and oxygen atoms in total. The van der Waals surface area contributed by atoms with Gasteiger partial charge in [-0.05, 0) is 43.4 Å². The number of aromatic nitrogens is 1. The average molecular weight is 383 g/mol. The zero-order valence-corrected chi connectivity index (χ0v) is 15.5. The maximum absolute atomic E-state index is 12.6. The van der Waals surface area contributed by atoms with E-state index < -0.39 is 16.0 Å². The summed E-state index contributed by atoms with van der Waals surface area (Å²) in [6.45, 7) is 2.18. The van der Waals surface area contributed by atoms with Crippen LogP contribution in [0.4, 0.5) is 0 Å². The van der Waals surface area contributed by atoms with Crippen LogP contribution in [0.3, 0.4) is 0 Å². The normalized spacial score (nSPS) is 17.0. The van der Waals surface area contributed by atoms with Gasteiger partial charge in [-0.2, -0.15) is 0 Å². The van der Waals surface area contributed by atoms with Crippen LogP contribution in [0.2, 0.25) is 0 Å². The molecule has 25 heavy (non-hydrogen) atoms. The number of nitrogens with one attached hydrogen (secondary N) is 1. The van der Waals surface area contributed by atoms with Crippen molar-refractivity contribution in [3.8, 4) is 0 Å². The summed E-state index contributed by atoms with van der Waals surface area (Å²) in [6, 6.07) is 5.17. The smallest absolute Gasteiger partial charge is 0.352 e. The van der Waals surface area contributed by atoms with Gasteiger partial charge in [0.2, 0.25) is 10.0 Å². The zero-order valence-electron chi connectivity index (χ0n) is 13.9. The van der Waals surface area contributed by atoms with E-state index in [2.05, 4.69) is 9.62 Å². The minimum atomic E-state index is -3.77. The largest absolute Gasteiger partial charge is 0.477 e. The molecule has 0 bridgehead atoms. The molecule has 3 heterocycles. The summed E-state index contributed by atoms with van der Waals surface area (Å²) in [5, 5.41) is 11.1. The quantitative estimate of drug-likeness (QED) is 0.762. The lowest BCUT2D eigenvalue weighted by molar-refractivity contribution is 0.0686. The van der Waals surface area contributed by atoms with E-state index in [9.17, 15) is 13.2 Å². The molecule has 1 fully saturated rings. The molecule has 0 radical (unpaired) electrons. The molecule has 2 N–H and O–H groups in total. The van der Waals surface area contributed by atoms with Gasteiger partial charge in [0.25, 0.3) is 0 Å². The molecule has 0 aliphatic carbocycles. The molecule has 136 valence electrons. The van der Waals surface area contributed by atoms with Crippen LogP contribution < -0.4 is 4.72 Å². The van der Waals surface area contributed by atoms with Crippen molar-refractivity contribution in [2.75, 3.05) is 19.6 Å². The van der Waals surface area contributed by atoms with E-state index in [4.69, 9.17) is 5.11 Å². The van der Waals surface area contributed by atoms with E-state index in [0.717, 1.165) is 30.8 Å². The van der Waals surface area contributed by atoms with Gasteiger partial charge in [0.05, 0.1) is 6.04 Å². The highest BCUT2D eigenvalue weighted by Crippen LogP contribution is 2.28. The number of likely N-dealkylation sites (tertiary alicyclic amines) is 1. The SMILES string of the molecule is Cn1cc(S(=O)(=O)NC[C@@H](c2cccs2)N2CCCC2)cc1C(=O)O. The Kier molecular flexibility index (Phi) is 5.28. The van der Waals surface area contributed by atoms with E-state index in [0.29, 0.717) is 0 Å². The highest BCUT2D eigenvalue weighted by molar-refractivity contribution is 7.89. The summed E-state index contributed by atoms with van der Waals surface area (Å²) in [7, 11) is -2.25. The number of sulfonamides is 1. The van der Waals surface area contributed by atoms with Crippen molar-refractivity contribution in [1.29, 1.82) is 0 Å². The first-order valence-electron chi connectivity index (χ1n) is 8.05. The summed E-state index contributed by atoms with van der Waals surface area (Å²) in [5.74, 6) is -1.16. The molecule has 0 spiro atoms. The van der Waals surface area contributed by atoms with E-state index in [1.807, 2.05) is 17.5 Å². The standard InChI is InChI=1S/C16H21N3O4S2/c1-18-11-12(9-13(18)16(20)21)25(22,23)17-10-14(15-5-4-8-24-15)19-6-2-3-7-19/h4-5,8-9,11,14,17H,2-3,6-7,10H2,1H3,(H,20,21)/t14-/m0/s1. The minimum Gasteiger partial charge on any atom is -0.477 e. The second-order valence-corrected chi connectivity index (χ2v) is 8.85. The van der Waals surface area contributed by atoms with Gasteiger partial charge in [-0.3, -0.25) is 4.90 Å². The van der Waals surface area contributed by atoms with Gasteiger partial charge in [-0.15, -0.1) is 11.3 Å². The van der Waals surface area contributed by atoms with Crippen molar-refractivity contribution < 1.29 is 18.3 Å². The van der Waals surface area contributed by atoms with Crippen LogP contribution in [0.5, 0.6) is 0 Å². The maximum atomic E-state index is 12.6. The molecule has 3 rings (SSSR count). The van der Waals surface area contributed by atoms with Crippen LogP contribution in [0.15, 0.2) is 34.7 Å². The van der Waals surface area contributed by atoms with Gasteiger partial charge in [-0.1, -0.05) is 6.07 Å². The Bertz CT molecular complexity index is 837. The van der Waals surface area contributed by atoms with E-state index in [1.54, 1.807) is 11.3 Å². The Hall–Kier alpha value is -1.68. The number of hydrogen-bond acceptors (Lipinski definition) is 5. The molecule has 1 saturated heterocycles. The second kappa shape index (κ2) is 7.28. The molecular weight excluding hydrogens is 362 g/mol. The van der Waals surface area contributed by atoms with Crippen molar-refractivity contribution in [2.24, 2.45) is 7.05 Å². The Morgan fingerprint density at radius 2 is 2.12 bits per heavy atom. The Labute approximate surface area is 150 Å². The summed E-state index contributed by atoms with van der Waals surface area (Å²) in [4.78, 5) is 14.5. The molecule has 1 aliphatic heterocycles. The lowest BCUT2D eigenvalue weighted by Crippen LogP contribution is -2.36. The molecule has 0 aromatic carbocycles. The fraction of sp³-hybridized carbons (Fsp3) is 0.438. The number of aromatic carboxylic acids is 1. The first kappa shape index (κ1) is 18.1. The first-order chi connectivity index (χ1) is 11.9. The average Bonchev–Trinajstić information content (AvgIpc) is 3.28. The first-order valence-corrected chi connectivity index (χ1v) is 10.4. The summed E-state index contributed by atoms with van der Waals surface area (Å²) < 4.78 is 29.1. The van der Waals surface area contributed by atoms with Crippen LogP contribution in [-0.2, 0) is 17.1 Å². The number of carboxylic acids is 1. The number of hydrogen-bond donors (Lipinski definition) is 2. The number of carboxylic acid groups (broad SMARTS) is 1. The highest BCUT2D eigenvalue weighted by Gasteiger charge is 2.27. The van der Waals surface area contributed by atoms with Crippen LogP contribution in [0, 0.1) is 0 Å². The lowest BCUT2D eigenvalue weighted by atomic mass is 10.2. The van der Waals surface area contributed by atoms with Crippen LogP contribution >= 0.6 is 11.3 Å². The monoisotopic (exact) mass is 383 g/mol. The number of aryl methyl sites for hydroxylation is 1. The van der Waals surface area contributed by atoms with Crippen LogP contribution in [0.1, 0.15) is 34.2 Å². The topological polar surface area (TPSA) is 91.6 Å². The fourth-order valence-corrected chi connectivity index (χ4v) is 5.08. The van der Waals surface area contributed by atoms with Crippen LogP contribution in [0.25, 0.3) is 0 Å². The number of carbonyl (C=O) groups is 1. The van der Waals surface area contributed by atoms with Crippen LogP contribution in [-0.4, -0.2) is 48.6 Å². The fourth-order valence-electron chi connectivity index (χ4n) is 3.11. The van der Waals surface area contributed by atoms with Crippen molar-refractivity contribution in [1.82, 2.24) is 14.2 Å². The molecule has 2 aromatic heterocycles. The third-order valence-corrected chi connectivity index (χ3v) is 6.79. The molecule has 1 aliphatic rings. The third kappa shape index (κ3) is 3.95. The third-order valence-electron chi connectivity index (χ3n) is 4.43. The van der Waals surface area contributed by atoms with Crippen molar-refractivity contribution in [3.63, 3.8) is 0 Å². The van der Waals surface area contributed by atoms with Crippen molar-refractivity contribution >= 4 is 27.3 Å². The maximum Gasteiger partial charge on any atom is 0.352 e. The molecule has 0 amide bonds. The molecule has 9 heteroatoms. The van der Waals surface area contributed by atoms with E-state index in [-0.39, 0.29) is 23.2 Å².